The van der Waals surface area contributed by atoms with Crippen LogP contribution >= 0.6 is 0 Å². The highest BCUT2D eigenvalue weighted by atomic mass is 16.7. The van der Waals surface area contributed by atoms with E-state index >= 15 is 0 Å². The van der Waals surface area contributed by atoms with Crippen LogP contribution in [0.5, 0.6) is 11.5 Å². The Hall–Kier alpha value is -2.61. The predicted molar refractivity (Wildman–Crippen MR) is 124 cm³/mol. The van der Waals surface area contributed by atoms with Gasteiger partial charge in [-0.05, 0) is 49.3 Å². The van der Waals surface area contributed by atoms with Gasteiger partial charge in [0.15, 0.2) is 17.3 Å². The Morgan fingerprint density at radius 2 is 1.85 bits per heavy atom. The molecule has 1 saturated carbocycles. The molecule has 8 heteroatoms. The van der Waals surface area contributed by atoms with E-state index in [1.54, 1.807) is 23.1 Å². The minimum Gasteiger partial charge on any atom is -0.454 e. The first kappa shape index (κ1) is 23.1. The predicted octanol–water partition coefficient (Wildman–Crippen LogP) is 3.08. The Kier molecular flexibility index (Phi) is 5.82. The number of likely N-dealkylation sites (tertiary alicyclic amines) is 1. The average Bonchev–Trinajstić information content (AvgIpc) is 3.62. The third-order valence-corrected chi connectivity index (χ3v) is 8.74. The number of carbonyl (C=O) groups excluding carboxylic acids is 3. The third kappa shape index (κ3) is 3.58. The molecule has 5 rings (SSSR count). The van der Waals surface area contributed by atoms with Gasteiger partial charge in [-0.3, -0.25) is 14.4 Å². The zero-order valence-corrected chi connectivity index (χ0v) is 20.2. The zero-order chi connectivity index (χ0) is 24.1. The number of nitrogens with one attached hydrogen (secondary N) is 1. The number of Topliss-reactive ketones (excluding diaryl/α,β-unsaturated/α-hetero) is 1. The number of rotatable bonds is 6. The van der Waals surface area contributed by atoms with Crippen LogP contribution in [0.3, 0.4) is 0 Å². The van der Waals surface area contributed by atoms with Crippen LogP contribution in [-0.2, 0) is 14.3 Å². The van der Waals surface area contributed by atoms with Crippen molar-refractivity contribution >= 4 is 17.6 Å². The quantitative estimate of drug-likeness (QED) is 0.687. The van der Waals surface area contributed by atoms with E-state index in [1.807, 2.05) is 0 Å². The number of benzene rings is 1. The second-order valence-corrected chi connectivity index (χ2v) is 10.5. The van der Waals surface area contributed by atoms with Gasteiger partial charge in [0.05, 0.1) is 6.10 Å². The summed E-state index contributed by atoms with van der Waals surface area (Å²) in [6.07, 6.45) is 5.11. The fraction of sp³-hybridized carbons (Fsp3) is 0.654. The van der Waals surface area contributed by atoms with E-state index in [4.69, 9.17) is 14.2 Å². The standard InChI is InChI=1S/C26H34N2O6/c1-4-26(5-2)14-28(20-17(29)13-32-22(20)26)24(31)21(25(3)10-6-7-11-25)27-23(30)16-8-9-18-19(12-16)34-15-33-18/h8-9,12,20-22H,4-7,10-11,13-15H2,1-3H3,(H,27,30)/t20-,21-,22+/m1/s1. The van der Waals surface area contributed by atoms with Crippen molar-refractivity contribution < 1.29 is 28.6 Å². The first-order valence-electron chi connectivity index (χ1n) is 12.5. The molecule has 0 bridgehead atoms. The molecule has 1 aromatic carbocycles. The highest BCUT2D eigenvalue weighted by Gasteiger charge is 2.60. The van der Waals surface area contributed by atoms with E-state index in [0.29, 0.717) is 23.6 Å². The van der Waals surface area contributed by atoms with E-state index < -0.39 is 12.1 Å². The number of amides is 2. The molecular weight excluding hydrogens is 436 g/mol. The minimum absolute atomic E-state index is 0.0421. The molecule has 1 aromatic rings. The number of hydrogen-bond donors (Lipinski definition) is 1. The molecule has 184 valence electrons. The van der Waals surface area contributed by atoms with Crippen LogP contribution < -0.4 is 14.8 Å². The van der Waals surface area contributed by atoms with Gasteiger partial charge >= 0.3 is 0 Å². The molecule has 0 radical (unpaired) electrons. The molecule has 3 aliphatic heterocycles. The Morgan fingerprint density at radius 1 is 1.15 bits per heavy atom. The van der Waals surface area contributed by atoms with Crippen molar-refractivity contribution in [2.75, 3.05) is 19.9 Å². The summed E-state index contributed by atoms with van der Waals surface area (Å²) in [6.45, 7) is 6.92. The second kappa shape index (κ2) is 8.56. The topological polar surface area (TPSA) is 94.2 Å². The van der Waals surface area contributed by atoms with Crippen LogP contribution in [0.2, 0.25) is 0 Å². The number of fused-ring (bicyclic) bond motifs is 2. The SMILES string of the molecule is CCC1(CC)CN(C(=O)[C@@H](NC(=O)c2ccc3c(c2)OCO3)C2(C)CCCC2)[C@@H]2C(=O)CO[C@@H]21. The van der Waals surface area contributed by atoms with Crippen molar-refractivity contribution in [3.05, 3.63) is 23.8 Å². The van der Waals surface area contributed by atoms with Crippen LogP contribution in [0.4, 0.5) is 0 Å². The van der Waals surface area contributed by atoms with Gasteiger partial charge in [-0.1, -0.05) is 33.6 Å². The summed E-state index contributed by atoms with van der Waals surface area (Å²) in [5, 5.41) is 3.06. The normalized spacial score (nSPS) is 27.0. The van der Waals surface area contributed by atoms with E-state index in [0.717, 1.165) is 38.5 Å². The Morgan fingerprint density at radius 3 is 2.56 bits per heavy atom. The van der Waals surface area contributed by atoms with Gasteiger partial charge < -0.3 is 24.4 Å². The van der Waals surface area contributed by atoms with E-state index in [-0.39, 0.29) is 47.9 Å². The van der Waals surface area contributed by atoms with Crippen molar-refractivity contribution in [3.63, 3.8) is 0 Å². The largest absolute Gasteiger partial charge is 0.454 e. The molecule has 3 heterocycles. The monoisotopic (exact) mass is 470 g/mol. The summed E-state index contributed by atoms with van der Waals surface area (Å²) >= 11 is 0. The lowest BCUT2D eigenvalue weighted by Gasteiger charge is -2.37. The summed E-state index contributed by atoms with van der Waals surface area (Å²) in [4.78, 5) is 42.1. The fourth-order valence-electron chi connectivity index (χ4n) is 6.41. The lowest BCUT2D eigenvalue weighted by atomic mass is 9.78. The highest BCUT2D eigenvalue weighted by Crippen LogP contribution is 2.48. The van der Waals surface area contributed by atoms with Crippen LogP contribution in [-0.4, -0.2) is 60.6 Å². The van der Waals surface area contributed by atoms with Gasteiger partial charge in [-0.2, -0.15) is 0 Å². The molecule has 3 atom stereocenters. The second-order valence-electron chi connectivity index (χ2n) is 10.5. The van der Waals surface area contributed by atoms with Gasteiger partial charge in [-0.15, -0.1) is 0 Å². The first-order valence-corrected chi connectivity index (χ1v) is 12.5. The maximum absolute atomic E-state index is 14.2. The Labute approximate surface area is 200 Å². The third-order valence-electron chi connectivity index (χ3n) is 8.74. The minimum atomic E-state index is -0.716. The number of carbonyl (C=O) groups is 3. The molecular formula is C26H34N2O6. The lowest BCUT2D eigenvalue weighted by Crippen LogP contribution is -2.57. The highest BCUT2D eigenvalue weighted by molar-refractivity contribution is 6.00. The van der Waals surface area contributed by atoms with Crippen molar-refractivity contribution in [1.82, 2.24) is 10.2 Å². The maximum Gasteiger partial charge on any atom is 0.252 e. The summed E-state index contributed by atoms with van der Waals surface area (Å²) in [6, 6.07) is 3.76. The maximum atomic E-state index is 14.2. The molecule has 1 aliphatic carbocycles. The van der Waals surface area contributed by atoms with Crippen LogP contribution in [0.25, 0.3) is 0 Å². The fourth-order valence-corrected chi connectivity index (χ4v) is 6.41. The molecule has 0 spiro atoms. The van der Waals surface area contributed by atoms with Gasteiger partial charge in [0, 0.05) is 17.5 Å². The van der Waals surface area contributed by atoms with Gasteiger partial charge in [0.25, 0.3) is 5.91 Å². The number of ketones is 1. The molecule has 2 saturated heterocycles. The van der Waals surface area contributed by atoms with Crippen molar-refractivity contribution in [3.8, 4) is 11.5 Å². The number of hydrogen-bond acceptors (Lipinski definition) is 6. The van der Waals surface area contributed by atoms with E-state index in [9.17, 15) is 14.4 Å². The summed E-state index contributed by atoms with van der Waals surface area (Å²) in [5.41, 5.74) is -0.195. The smallest absolute Gasteiger partial charge is 0.252 e. The molecule has 2 amide bonds. The van der Waals surface area contributed by atoms with Crippen molar-refractivity contribution in [2.24, 2.45) is 10.8 Å². The van der Waals surface area contributed by atoms with E-state index in [1.165, 1.54) is 0 Å². The molecule has 0 unspecified atom stereocenters. The van der Waals surface area contributed by atoms with Crippen LogP contribution in [0.15, 0.2) is 18.2 Å². The van der Waals surface area contributed by atoms with Crippen LogP contribution in [0, 0.1) is 10.8 Å². The van der Waals surface area contributed by atoms with Gasteiger partial charge in [0.1, 0.15) is 18.7 Å². The number of nitrogens with zero attached hydrogens (tertiary/aromatic N) is 1. The summed E-state index contributed by atoms with van der Waals surface area (Å²) in [7, 11) is 0. The Bertz CT molecular complexity index is 997. The number of ether oxygens (including phenoxy) is 3. The van der Waals surface area contributed by atoms with Crippen LogP contribution in [0.1, 0.15) is 69.7 Å². The van der Waals surface area contributed by atoms with Crippen molar-refractivity contribution in [1.29, 1.82) is 0 Å². The Balaban J connectivity index is 1.45. The molecule has 8 nitrogen and oxygen atoms in total. The molecule has 0 aromatic heterocycles. The average molecular weight is 471 g/mol. The zero-order valence-electron chi connectivity index (χ0n) is 20.2. The molecule has 4 aliphatic rings. The van der Waals surface area contributed by atoms with Crippen molar-refractivity contribution in [2.45, 2.75) is 77.5 Å². The summed E-state index contributed by atoms with van der Waals surface area (Å²) < 4.78 is 16.7. The van der Waals surface area contributed by atoms with Gasteiger partial charge in [0.2, 0.25) is 12.7 Å². The lowest BCUT2D eigenvalue weighted by molar-refractivity contribution is -0.141. The van der Waals surface area contributed by atoms with Gasteiger partial charge in [-0.25, -0.2) is 0 Å². The first-order chi connectivity index (χ1) is 16.3. The summed E-state index contributed by atoms with van der Waals surface area (Å²) in [5.74, 6) is 0.585. The molecule has 1 N–H and O–H groups in total. The van der Waals surface area contributed by atoms with E-state index in [2.05, 4.69) is 26.1 Å². The molecule has 34 heavy (non-hydrogen) atoms. The molecule has 3 fully saturated rings.